The second-order valence-corrected chi connectivity index (χ2v) is 3.61. The highest BCUT2D eigenvalue weighted by Gasteiger charge is 2.12. The summed E-state index contributed by atoms with van der Waals surface area (Å²) >= 11 is 0. The van der Waals surface area contributed by atoms with E-state index in [0.717, 1.165) is 38.5 Å². The smallest absolute Gasteiger partial charge is 0.198 e. The first-order valence-corrected chi connectivity index (χ1v) is 5.32. The van der Waals surface area contributed by atoms with Crippen LogP contribution in [0.25, 0.3) is 0 Å². The van der Waals surface area contributed by atoms with Gasteiger partial charge < -0.3 is 0 Å². The molecular formula is C12H16O2. The van der Waals surface area contributed by atoms with Crippen LogP contribution < -0.4 is 0 Å². The van der Waals surface area contributed by atoms with Gasteiger partial charge in [0.1, 0.15) is 0 Å². The Bertz CT molecular complexity index is 242. The van der Waals surface area contributed by atoms with E-state index in [-0.39, 0.29) is 11.6 Å². The average molecular weight is 192 g/mol. The van der Waals surface area contributed by atoms with E-state index in [9.17, 15) is 9.59 Å². The minimum Gasteiger partial charge on any atom is -0.291 e. The van der Waals surface area contributed by atoms with Gasteiger partial charge in [-0.05, 0) is 25.7 Å². The predicted octanol–water partition coefficient (Wildman–Crippen LogP) is 2.26. The van der Waals surface area contributed by atoms with Crippen molar-refractivity contribution in [1.29, 1.82) is 0 Å². The fraction of sp³-hybridized carbons (Fsp3) is 0.667. The third-order valence-corrected chi connectivity index (χ3v) is 2.35. The molecule has 0 saturated carbocycles. The Labute approximate surface area is 85.1 Å². The van der Waals surface area contributed by atoms with Crippen molar-refractivity contribution in [2.75, 3.05) is 0 Å². The van der Waals surface area contributed by atoms with Crippen LogP contribution in [-0.4, -0.2) is 11.6 Å². The maximum atomic E-state index is 11.2. The van der Waals surface area contributed by atoms with Gasteiger partial charge in [-0.2, -0.15) is 0 Å². The predicted molar refractivity (Wildman–Crippen MR) is 54.7 cm³/mol. The molecule has 2 nitrogen and oxygen atoms in total. The van der Waals surface area contributed by atoms with E-state index in [1.165, 1.54) is 0 Å². The number of rotatable bonds is 0. The van der Waals surface area contributed by atoms with Gasteiger partial charge in [0.25, 0.3) is 0 Å². The molecule has 0 unspecified atom stereocenters. The molecular weight excluding hydrogens is 176 g/mol. The zero-order valence-corrected chi connectivity index (χ0v) is 8.47. The van der Waals surface area contributed by atoms with Crippen LogP contribution in [0.4, 0.5) is 0 Å². The second-order valence-electron chi connectivity index (χ2n) is 3.61. The minimum absolute atomic E-state index is 0.182. The number of Topliss-reactive ketones (excluding diaryl/α,β-unsaturated/α-hetero) is 2. The first-order valence-electron chi connectivity index (χ1n) is 5.32. The lowest BCUT2D eigenvalue weighted by Crippen LogP contribution is -2.13. The molecule has 0 fully saturated rings. The van der Waals surface area contributed by atoms with E-state index in [0.29, 0.717) is 12.8 Å². The highest BCUT2D eigenvalue weighted by atomic mass is 16.2. The minimum atomic E-state index is -0.182. The van der Waals surface area contributed by atoms with E-state index >= 15 is 0 Å². The number of carbonyl (C=O) groups is 2. The van der Waals surface area contributed by atoms with Crippen LogP contribution in [0.1, 0.15) is 51.4 Å². The normalized spacial score (nSPS) is 20.3. The Balaban J connectivity index is 2.42. The number of hydrogen-bond acceptors (Lipinski definition) is 2. The molecule has 0 spiro atoms. The molecule has 76 valence electrons. The lowest BCUT2D eigenvalue weighted by Gasteiger charge is -2.00. The van der Waals surface area contributed by atoms with Gasteiger partial charge in [0.2, 0.25) is 0 Å². The molecule has 0 radical (unpaired) electrons. The molecule has 0 aromatic rings. The van der Waals surface area contributed by atoms with Crippen molar-refractivity contribution in [3.63, 3.8) is 0 Å². The van der Waals surface area contributed by atoms with Gasteiger partial charge in [-0.25, -0.2) is 0 Å². The summed E-state index contributed by atoms with van der Waals surface area (Å²) in [5.41, 5.74) is 0. The monoisotopic (exact) mass is 192 g/mol. The molecule has 0 heterocycles. The van der Waals surface area contributed by atoms with Crippen LogP contribution in [0.5, 0.6) is 0 Å². The topological polar surface area (TPSA) is 34.1 Å². The van der Waals surface area contributed by atoms with Gasteiger partial charge in [0, 0.05) is 25.7 Å². The summed E-state index contributed by atoms with van der Waals surface area (Å²) in [4.78, 5) is 22.5. The van der Waals surface area contributed by atoms with Crippen molar-refractivity contribution in [1.82, 2.24) is 0 Å². The summed E-state index contributed by atoms with van der Waals surface area (Å²) in [6.45, 7) is 0. The third-order valence-electron chi connectivity index (χ3n) is 2.35. The van der Waals surface area contributed by atoms with Gasteiger partial charge in [-0.3, -0.25) is 9.59 Å². The molecule has 14 heavy (non-hydrogen) atoms. The molecule has 1 aliphatic carbocycles. The first kappa shape index (κ1) is 11.0. The number of hydrogen-bond donors (Lipinski definition) is 0. The Morgan fingerprint density at radius 2 is 1.14 bits per heavy atom. The van der Waals surface area contributed by atoms with Gasteiger partial charge in [-0.1, -0.05) is 0 Å². The zero-order valence-electron chi connectivity index (χ0n) is 8.47. The summed E-state index contributed by atoms with van der Waals surface area (Å²) < 4.78 is 0. The first-order chi connectivity index (χ1) is 6.80. The Kier molecular flexibility index (Phi) is 4.99. The lowest BCUT2D eigenvalue weighted by molar-refractivity contribution is -0.136. The van der Waals surface area contributed by atoms with E-state index in [4.69, 9.17) is 0 Å². The van der Waals surface area contributed by atoms with Crippen molar-refractivity contribution < 1.29 is 9.59 Å². The largest absolute Gasteiger partial charge is 0.291 e. The SMILES string of the molecule is O=C1CCCCC#CCCCCC1=O. The Morgan fingerprint density at radius 1 is 0.714 bits per heavy atom. The summed E-state index contributed by atoms with van der Waals surface area (Å²) in [5.74, 6) is 5.80. The quantitative estimate of drug-likeness (QED) is 0.436. The summed E-state index contributed by atoms with van der Waals surface area (Å²) in [5, 5.41) is 0. The summed E-state index contributed by atoms with van der Waals surface area (Å²) in [6.07, 6.45) is 6.04. The standard InChI is InChI=1S/C12H16O2/c13-11-9-7-5-3-1-2-4-6-8-10-12(11)14/h3-10H2. The second kappa shape index (κ2) is 6.37. The molecule has 0 N–H and O–H groups in total. The molecule has 0 aromatic carbocycles. The van der Waals surface area contributed by atoms with Gasteiger partial charge in [0.05, 0.1) is 0 Å². The molecule has 0 amide bonds. The molecule has 1 aliphatic rings. The maximum absolute atomic E-state index is 11.2. The lowest BCUT2D eigenvalue weighted by atomic mass is 10.0. The third kappa shape index (κ3) is 4.23. The van der Waals surface area contributed by atoms with Crippen LogP contribution in [0.15, 0.2) is 0 Å². The Morgan fingerprint density at radius 3 is 1.57 bits per heavy atom. The molecule has 0 aromatic heterocycles. The van der Waals surface area contributed by atoms with Crippen molar-refractivity contribution in [2.45, 2.75) is 51.4 Å². The van der Waals surface area contributed by atoms with Crippen LogP contribution in [0.2, 0.25) is 0 Å². The van der Waals surface area contributed by atoms with Gasteiger partial charge in [0.15, 0.2) is 11.6 Å². The van der Waals surface area contributed by atoms with Crippen molar-refractivity contribution in [3.8, 4) is 11.8 Å². The molecule has 0 saturated heterocycles. The molecule has 0 atom stereocenters. The Hall–Kier alpha value is -1.10. The van der Waals surface area contributed by atoms with E-state index in [1.54, 1.807) is 0 Å². The summed E-state index contributed by atoms with van der Waals surface area (Å²) in [7, 11) is 0. The average Bonchev–Trinajstić information content (AvgIpc) is 2.18. The van der Waals surface area contributed by atoms with E-state index < -0.39 is 0 Å². The van der Waals surface area contributed by atoms with Crippen molar-refractivity contribution in [2.24, 2.45) is 0 Å². The zero-order chi connectivity index (χ0) is 10.2. The van der Waals surface area contributed by atoms with Crippen molar-refractivity contribution >= 4 is 11.6 Å². The van der Waals surface area contributed by atoms with Gasteiger partial charge >= 0.3 is 0 Å². The van der Waals surface area contributed by atoms with E-state index in [2.05, 4.69) is 11.8 Å². The fourth-order valence-corrected chi connectivity index (χ4v) is 1.45. The molecule has 0 aliphatic heterocycles. The highest BCUT2D eigenvalue weighted by Crippen LogP contribution is 2.06. The van der Waals surface area contributed by atoms with E-state index in [1.807, 2.05) is 0 Å². The molecule has 1 rings (SSSR count). The van der Waals surface area contributed by atoms with Crippen LogP contribution in [0, 0.1) is 11.8 Å². The maximum Gasteiger partial charge on any atom is 0.198 e. The van der Waals surface area contributed by atoms with Crippen LogP contribution in [0.3, 0.4) is 0 Å². The van der Waals surface area contributed by atoms with Crippen LogP contribution in [-0.2, 0) is 9.59 Å². The highest BCUT2D eigenvalue weighted by molar-refractivity contribution is 6.37. The van der Waals surface area contributed by atoms with Gasteiger partial charge in [-0.15, -0.1) is 11.8 Å². The van der Waals surface area contributed by atoms with Crippen molar-refractivity contribution in [3.05, 3.63) is 0 Å². The molecule has 0 bridgehead atoms. The fourth-order valence-electron chi connectivity index (χ4n) is 1.45. The number of carbonyl (C=O) groups excluding carboxylic acids is 2. The van der Waals surface area contributed by atoms with Crippen LogP contribution >= 0.6 is 0 Å². The number of ketones is 2. The summed E-state index contributed by atoms with van der Waals surface area (Å²) in [6, 6.07) is 0. The molecule has 2 heteroatoms.